The maximum absolute atomic E-state index is 13.4. The third-order valence-corrected chi connectivity index (χ3v) is 3.64. The van der Waals surface area contributed by atoms with E-state index in [2.05, 4.69) is 0 Å². The molecule has 2 aromatic carbocycles. The molecule has 0 aliphatic carbocycles. The number of halogens is 2. The second-order valence-electron chi connectivity index (χ2n) is 5.34. The maximum atomic E-state index is 13.4. The third kappa shape index (κ3) is 4.59. The SMILES string of the molecule is NCc1ccc(CCCC(=O)Oc2c(F)cccc2F)cc1CO. The first-order chi connectivity index (χ1) is 11.5. The van der Waals surface area contributed by atoms with Gasteiger partial charge >= 0.3 is 5.97 Å². The van der Waals surface area contributed by atoms with E-state index in [0.29, 0.717) is 19.4 Å². The summed E-state index contributed by atoms with van der Waals surface area (Å²) in [4.78, 5) is 11.7. The molecule has 2 aromatic rings. The van der Waals surface area contributed by atoms with Crippen LogP contribution in [-0.2, 0) is 24.4 Å². The topological polar surface area (TPSA) is 72.6 Å². The van der Waals surface area contributed by atoms with Crippen molar-refractivity contribution >= 4 is 5.97 Å². The van der Waals surface area contributed by atoms with Crippen molar-refractivity contribution in [2.45, 2.75) is 32.4 Å². The lowest BCUT2D eigenvalue weighted by Gasteiger charge is -2.09. The largest absolute Gasteiger partial charge is 0.420 e. The molecule has 0 spiro atoms. The number of aliphatic hydroxyl groups is 1. The molecule has 0 aliphatic rings. The van der Waals surface area contributed by atoms with Gasteiger partial charge in [-0.2, -0.15) is 0 Å². The van der Waals surface area contributed by atoms with Crippen molar-refractivity contribution in [1.82, 2.24) is 0 Å². The first-order valence-corrected chi connectivity index (χ1v) is 7.61. The van der Waals surface area contributed by atoms with E-state index in [1.165, 1.54) is 6.07 Å². The highest BCUT2D eigenvalue weighted by Gasteiger charge is 2.14. The van der Waals surface area contributed by atoms with Crippen LogP contribution in [0.1, 0.15) is 29.5 Å². The highest BCUT2D eigenvalue weighted by molar-refractivity contribution is 5.72. The summed E-state index contributed by atoms with van der Waals surface area (Å²) in [6.07, 6.45) is 1.06. The van der Waals surface area contributed by atoms with Crippen LogP contribution in [0.25, 0.3) is 0 Å². The van der Waals surface area contributed by atoms with Crippen LogP contribution < -0.4 is 10.5 Å². The normalized spacial score (nSPS) is 10.7. The minimum Gasteiger partial charge on any atom is -0.420 e. The summed E-state index contributed by atoms with van der Waals surface area (Å²) in [6, 6.07) is 8.81. The van der Waals surface area contributed by atoms with Gasteiger partial charge in [-0.3, -0.25) is 4.79 Å². The Morgan fingerprint density at radius 3 is 2.46 bits per heavy atom. The van der Waals surface area contributed by atoms with Gasteiger partial charge in [-0.1, -0.05) is 24.3 Å². The van der Waals surface area contributed by atoms with Gasteiger partial charge in [0.25, 0.3) is 0 Å². The van der Waals surface area contributed by atoms with Gasteiger partial charge in [-0.05, 0) is 41.7 Å². The average molecular weight is 335 g/mol. The Morgan fingerprint density at radius 1 is 1.12 bits per heavy atom. The fourth-order valence-electron chi connectivity index (χ4n) is 2.36. The molecule has 6 heteroatoms. The zero-order chi connectivity index (χ0) is 17.5. The van der Waals surface area contributed by atoms with Gasteiger partial charge in [0.05, 0.1) is 6.61 Å². The number of rotatable bonds is 7. The summed E-state index contributed by atoms with van der Waals surface area (Å²) in [5, 5.41) is 9.30. The van der Waals surface area contributed by atoms with Crippen molar-refractivity contribution in [3.05, 3.63) is 64.7 Å². The van der Waals surface area contributed by atoms with Crippen molar-refractivity contribution in [1.29, 1.82) is 0 Å². The number of hydrogen-bond donors (Lipinski definition) is 2. The van der Waals surface area contributed by atoms with Crippen LogP contribution >= 0.6 is 0 Å². The molecular formula is C18H19F2NO3. The molecule has 0 atom stereocenters. The fraction of sp³-hybridized carbons (Fsp3) is 0.278. The standard InChI is InChI=1S/C18H19F2NO3/c19-15-4-2-5-16(20)18(15)24-17(23)6-1-3-12-7-8-13(10-21)14(9-12)11-22/h2,4-5,7-9,22H,1,3,6,10-11,21H2. The second kappa shape index (κ2) is 8.52. The van der Waals surface area contributed by atoms with Crippen molar-refractivity contribution in [3.63, 3.8) is 0 Å². The van der Waals surface area contributed by atoms with Gasteiger partial charge in [0.1, 0.15) is 0 Å². The Morgan fingerprint density at radius 2 is 1.83 bits per heavy atom. The van der Waals surface area contributed by atoms with E-state index in [9.17, 15) is 18.7 Å². The molecule has 0 aromatic heterocycles. The quantitative estimate of drug-likeness (QED) is 0.603. The molecule has 3 N–H and O–H groups in total. The van der Waals surface area contributed by atoms with E-state index in [1.807, 2.05) is 18.2 Å². The van der Waals surface area contributed by atoms with Crippen LogP contribution in [0.5, 0.6) is 5.75 Å². The van der Waals surface area contributed by atoms with E-state index in [0.717, 1.165) is 28.8 Å². The molecular weight excluding hydrogens is 316 g/mol. The molecule has 0 radical (unpaired) electrons. The van der Waals surface area contributed by atoms with Crippen LogP contribution in [0.2, 0.25) is 0 Å². The number of carbonyl (C=O) groups excluding carboxylic acids is 1. The van der Waals surface area contributed by atoms with Gasteiger partial charge < -0.3 is 15.6 Å². The van der Waals surface area contributed by atoms with Gasteiger partial charge in [-0.15, -0.1) is 0 Å². The lowest BCUT2D eigenvalue weighted by molar-refractivity contribution is -0.134. The summed E-state index contributed by atoms with van der Waals surface area (Å²) in [5.74, 6) is -3.18. The highest BCUT2D eigenvalue weighted by Crippen LogP contribution is 2.21. The minimum atomic E-state index is -0.909. The van der Waals surface area contributed by atoms with Crippen molar-refractivity contribution in [2.24, 2.45) is 5.73 Å². The average Bonchev–Trinajstić information content (AvgIpc) is 2.58. The first kappa shape index (κ1) is 18.0. The number of esters is 1. The predicted octanol–water partition coefficient (Wildman–Crippen LogP) is 2.84. The number of hydrogen-bond acceptors (Lipinski definition) is 4. The predicted molar refractivity (Wildman–Crippen MR) is 85.2 cm³/mol. The summed E-state index contributed by atoms with van der Waals surface area (Å²) < 4.78 is 31.6. The number of aryl methyl sites for hydroxylation is 1. The summed E-state index contributed by atoms with van der Waals surface area (Å²) in [5.41, 5.74) is 8.15. The number of ether oxygens (including phenoxy) is 1. The maximum Gasteiger partial charge on any atom is 0.311 e. The molecule has 0 fully saturated rings. The number of nitrogens with two attached hydrogens (primary N) is 1. The lowest BCUT2D eigenvalue weighted by atomic mass is 10.0. The number of carbonyl (C=O) groups is 1. The molecule has 0 amide bonds. The molecule has 0 unspecified atom stereocenters. The van der Waals surface area contributed by atoms with Crippen LogP contribution in [0.15, 0.2) is 36.4 Å². The van der Waals surface area contributed by atoms with Crippen LogP contribution in [0.4, 0.5) is 8.78 Å². The lowest BCUT2D eigenvalue weighted by Crippen LogP contribution is -2.10. The Kier molecular flexibility index (Phi) is 6.40. The van der Waals surface area contributed by atoms with Gasteiger partial charge in [0, 0.05) is 13.0 Å². The van der Waals surface area contributed by atoms with Crippen LogP contribution in [0.3, 0.4) is 0 Å². The monoisotopic (exact) mass is 335 g/mol. The Bertz CT molecular complexity index is 699. The molecule has 2 rings (SSSR count). The van der Waals surface area contributed by atoms with E-state index < -0.39 is 23.4 Å². The molecule has 24 heavy (non-hydrogen) atoms. The highest BCUT2D eigenvalue weighted by atomic mass is 19.1. The summed E-state index contributed by atoms with van der Waals surface area (Å²) in [7, 11) is 0. The zero-order valence-corrected chi connectivity index (χ0v) is 13.1. The smallest absolute Gasteiger partial charge is 0.311 e. The number of benzene rings is 2. The molecule has 0 saturated carbocycles. The summed E-state index contributed by atoms with van der Waals surface area (Å²) in [6.45, 7) is 0.242. The minimum absolute atomic E-state index is 0.0286. The van der Waals surface area contributed by atoms with Gasteiger partial charge in [0.2, 0.25) is 5.75 Å². The molecule has 0 aliphatic heterocycles. The zero-order valence-electron chi connectivity index (χ0n) is 13.1. The Hall–Kier alpha value is -2.31. The van der Waals surface area contributed by atoms with Crippen molar-refractivity contribution < 1.29 is 23.4 Å². The molecule has 4 nitrogen and oxygen atoms in total. The summed E-state index contributed by atoms with van der Waals surface area (Å²) >= 11 is 0. The van der Waals surface area contributed by atoms with Crippen molar-refractivity contribution in [2.75, 3.05) is 0 Å². The first-order valence-electron chi connectivity index (χ1n) is 7.61. The Balaban J connectivity index is 1.89. The van der Waals surface area contributed by atoms with E-state index in [4.69, 9.17) is 10.5 Å². The van der Waals surface area contributed by atoms with E-state index in [1.54, 1.807) is 0 Å². The molecule has 0 bridgehead atoms. The van der Waals surface area contributed by atoms with E-state index in [-0.39, 0.29) is 13.0 Å². The van der Waals surface area contributed by atoms with Crippen molar-refractivity contribution in [3.8, 4) is 5.75 Å². The second-order valence-corrected chi connectivity index (χ2v) is 5.34. The Labute approximate surface area is 138 Å². The molecule has 0 saturated heterocycles. The van der Waals surface area contributed by atoms with Gasteiger partial charge in [0.15, 0.2) is 11.6 Å². The number of para-hydroxylation sites is 1. The van der Waals surface area contributed by atoms with Gasteiger partial charge in [-0.25, -0.2) is 8.78 Å². The molecule has 0 heterocycles. The van der Waals surface area contributed by atoms with E-state index >= 15 is 0 Å². The van der Waals surface area contributed by atoms with Crippen LogP contribution in [-0.4, -0.2) is 11.1 Å². The van der Waals surface area contributed by atoms with Crippen LogP contribution in [0, 0.1) is 11.6 Å². The third-order valence-electron chi connectivity index (χ3n) is 3.64. The molecule has 128 valence electrons. The fourth-order valence-corrected chi connectivity index (χ4v) is 2.36. The number of aliphatic hydroxyl groups excluding tert-OH is 1.